The van der Waals surface area contributed by atoms with E-state index < -0.39 is 36.2 Å². The van der Waals surface area contributed by atoms with Gasteiger partial charge in [0.25, 0.3) is 0 Å². The molecule has 0 bridgehead atoms. The van der Waals surface area contributed by atoms with E-state index >= 15 is 0 Å². The summed E-state index contributed by atoms with van der Waals surface area (Å²) >= 11 is 0. The number of amides is 2. The molecule has 3 rings (SSSR count). The van der Waals surface area contributed by atoms with Gasteiger partial charge in [0.15, 0.2) is 6.04 Å². The van der Waals surface area contributed by atoms with E-state index in [4.69, 9.17) is 9.47 Å². The normalized spacial score (nSPS) is 14.4. The number of methoxy groups -OCH3 is 1. The number of benzene rings is 2. The van der Waals surface area contributed by atoms with Crippen LogP contribution in [-0.4, -0.2) is 55.0 Å². The van der Waals surface area contributed by atoms with Crippen LogP contribution in [0.15, 0.2) is 48.5 Å². The first kappa shape index (κ1) is 24.8. The zero-order valence-electron chi connectivity index (χ0n) is 19.3. The molecule has 34 heavy (non-hydrogen) atoms. The minimum atomic E-state index is -1.28. The van der Waals surface area contributed by atoms with E-state index in [9.17, 15) is 19.5 Å². The maximum atomic E-state index is 12.7. The fourth-order valence-electron chi connectivity index (χ4n) is 3.97. The van der Waals surface area contributed by atoms with E-state index in [0.29, 0.717) is 0 Å². The Morgan fingerprint density at radius 2 is 1.62 bits per heavy atom. The van der Waals surface area contributed by atoms with E-state index in [1.165, 1.54) is 14.0 Å². The highest BCUT2D eigenvalue weighted by Crippen LogP contribution is 2.44. The Bertz CT molecular complexity index is 1070. The summed E-state index contributed by atoms with van der Waals surface area (Å²) in [6.07, 6.45) is -1.55. The largest absolute Gasteiger partial charge is 0.480 e. The van der Waals surface area contributed by atoms with Gasteiger partial charge in [0, 0.05) is 19.4 Å². The molecule has 3 atom stereocenters. The van der Waals surface area contributed by atoms with Crippen LogP contribution in [0.1, 0.15) is 37.3 Å². The van der Waals surface area contributed by atoms with Crippen LogP contribution in [0.5, 0.6) is 0 Å². The van der Waals surface area contributed by atoms with E-state index in [1.807, 2.05) is 48.5 Å². The average Bonchev–Trinajstić information content (AvgIpc) is 3.16. The van der Waals surface area contributed by atoms with E-state index in [1.54, 1.807) is 6.92 Å². The molecule has 2 amide bonds. The van der Waals surface area contributed by atoms with Crippen molar-refractivity contribution in [2.45, 2.75) is 44.4 Å². The van der Waals surface area contributed by atoms with E-state index in [2.05, 4.69) is 22.5 Å². The summed E-state index contributed by atoms with van der Waals surface area (Å²) in [5.41, 5.74) is 4.35. The standard InChI is InChI=1S/C26H28N2O6/c1-4-5-14-22(24(29)28-23(25(30)31)16(2)33-3)27-26(32)34-15-21-19-12-8-6-10-17(19)18-11-7-9-13-20(18)21/h6-13,16,21-23H,14-15H2,1-3H3,(H,27,32)(H,28,29)(H,30,31)/t16-,22?,23+/m1/s1. The van der Waals surface area contributed by atoms with Gasteiger partial charge in [0.2, 0.25) is 5.91 Å². The molecule has 0 fully saturated rings. The van der Waals surface area contributed by atoms with Crippen LogP contribution < -0.4 is 10.6 Å². The Morgan fingerprint density at radius 1 is 1.03 bits per heavy atom. The number of hydrogen-bond donors (Lipinski definition) is 3. The number of carbonyl (C=O) groups is 3. The number of rotatable bonds is 9. The molecule has 3 N–H and O–H groups in total. The number of fused-ring (bicyclic) bond motifs is 3. The summed E-state index contributed by atoms with van der Waals surface area (Å²) in [7, 11) is 1.35. The van der Waals surface area contributed by atoms with Crippen molar-refractivity contribution in [3.8, 4) is 23.0 Å². The SMILES string of the molecule is CC#CCC(NC(=O)OCC1c2ccccc2-c2ccccc21)C(=O)N[C@H](C(=O)O)[C@@H](C)OC. The fraction of sp³-hybridized carbons (Fsp3) is 0.346. The number of aliphatic carboxylic acids is 1. The number of nitrogens with one attached hydrogen (secondary N) is 2. The molecular formula is C26H28N2O6. The van der Waals surface area contributed by atoms with Crippen molar-refractivity contribution in [2.75, 3.05) is 13.7 Å². The molecule has 1 aliphatic carbocycles. The van der Waals surface area contributed by atoms with E-state index in [0.717, 1.165) is 22.3 Å². The van der Waals surface area contributed by atoms with Gasteiger partial charge in [-0.3, -0.25) is 4.79 Å². The zero-order valence-corrected chi connectivity index (χ0v) is 19.3. The minimum absolute atomic E-state index is 0.000229. The number of carboxylic acid groups (broad SMARTS) is 1. The molecular weight excluding hydrogens is 436 g/mol. The Kier molecular flexibility index (Phi) is 8.28. The lowest BCUT2D eigenvalue weighted by atomic mass is 9.98. The van der Waals surface area contributed by atoms with Crippen LogP contribution in [0.25, 0.3) is 11.1 Å². The smallest absolute Gasteiger partial charge is 0.407 e. The molecule has 2 aromatic carbocycles. The van der Waals surface area contributed by atoms with Crippen LogP contribution in [0, 0.1) is 11.8 Å². The Morgan fingerprint density at radius 3 is 2.15 bits per heavy atom. The third kappa shape index (κ3) is 5.56. The van der Waals surface area contributed by atoms with Crippen molar-refractivity contribution < 1.29 is 29.0 Å². The molecule has 0 saturated carbocycles. The van der Waals surface area contributed by atoms with Crippen LogP contribution in [0.3, 0.4) is 0 Å². The number of ether oxygens (including phenoxy) is 2. The van der Waals surface area contributed by atoms with Crippen molar-refractivity contribution in [2.24, 2.45) is 0 Å². The van der Waals surface area contributed by atoms with E-state index in [-0.39, 0.29) is 18.9 Å². The Hall–Kier alpha value is -3.83. The third-order valence-corrected chi connectivity index (χ3v) is 5.84. The summed E-state index contributed by atoms with van der Waals surface area (Å²) in [5, 5.41) is 14.3. The highest BCUT2D eigenvalue weighted by molar-refractivity contribution is 5.89. The molecule has 178 valence electrons. The van der Waals surface area contributed by atoms with Crippen LogP contribution >= 0.6 is 0 Å². The summed E-state index contributed by atoms with van der Waals surface area (Å²) in [6, 6.07) is 13.6. The van der Waals surface area contributed by atoms with Crippen molar-refractivity contribution in [3.63, 3.8) is 0 Å². The minimum Gasteiger partial charge on any atom is -0.480 e. The van der Waals surface area contributed by atoms with Gasteiger partial charge in [-0.2, -0.15) is 0 Å². The van der Waals surface area contributed by atoms with Crippen molar-refractivity contribution in [1.82, 2.24) is 10.6 Å². The van der Waals surface area contributed by atoms with Crippen LogP contribution in [0.2, 0.25) is 0 Å². The van der Waals surface area contributed by atoms with Crippen LogP contribution in [-0.2, 0) is 19.1 Å². The maximum absolute atomic E-state index is 12.7. The van der Waals surface area contributed by atoms with Crippen molar-refractivity contribution in [1.29, 1.82) is 0 Å². The van der Waals surface area contributed by atoms with Crippen LogP contribution in [0.4, 0.5) is 4.79 Å². The molecule has 0 saturated heterocycles. The highest BCUT2D eigenvalue weighted by atomic mass is 16.5. The first-order chi connectivity index (χ1) is 16.4. The highest BCUT2D eigenvalue weighted by Gasteiger charge is 2.32. The first-order valence-electron chi connectivity index (χ1n) is 10.9. The molecule has 2 aromatic rings. The first-order valence-corrected chi connectivity index (χ1v) is 10.9. The average molecular weight is 465 g/mol. The second-order valence-corrected chi connectivity index (χ2v) is 7.92. The predicted octanol–water partition coefficient (Wildman–Crippen LogP) is 2.91. The quantitative estimate of drug-likeness (QED) is 0.492. The van der Waals surface area contributed by atoms with Gasteiger partial charge in [0.05, 0.1) is 6.10 Å². The Labute approximate surface area is 198 Å². The topological polar surface area (TPSA) is 114 Å². The lowest BCUT2D eigenvalue weighted by Crippen LogP contribution is -2.55. The molecule has 1 aliphatic rings. The molecule has 0 aromatic heterocycles. The lowest BCUT2D eigenvalue weighted by Gasteiger charge is -2.23. The molecule has 0 heterocycles. The maximum Gasteiger partial charge on any atom is 0.407 e. The zero-order chi connectivity index (χ0) is 24.7. The number of alkyl carbamates (subject to hydrolysis) is 1. The molecule has 8 heteroatoms. The number of carbonyl (C=O) groups excluding carboxylic acids is 2. The van der Waals surface area contributed by atoms with Gasteiger partial charge in [0.1, 0.15) is 12.6 Å². The van der Waals surface area contributed by atoms with Gasteiger partial charge in [-0.05, 0) is 36.1 Å². The predicted molar refractivity (Wildman–Crippen MR) is 126 cm³/mol. The lowest BCUT2D eigenvalue weighted by molar-refractivity contribution is -0.145. The van der Waals surface area contributed by atoms with Crippen molar-refractivity contribution in [3.05, 3.63) is 59.7 Å². The second kappa shape index (κ2) is 11.3. The molecule has 8 nitrogen and oxygen atoms in total. The van der Waals surface area contributed by atoms with Crippen molar-refractivity contribution >= 4 is 18.0 Å². The van der Waals surface area contributed by atoms with Gasteiger partial charge in [-0.15, -0.1) is 11.8 Å². The van der Waals surface area contributed by atoms with Gasteiger partial charge < -0.3 is 25.2 Å². The fourth-order valence-corrected chi connectivity index (χ4v) is 3.97. The van der Waals surface area contributed by atoms with Gasteiger partial charge in [-0.25, -0.2) is 9.59 Å². The third-order valence-electron chi connectivity index (χ3n) is 5.84. The van der Waals surface area contributed by atoms with Gasteiger partial charge >= 0.3 is 12.1 Å². The number of hydrogen-bond acceptors (Lipinski definition) is 5. The molecule has 0 aliphatic heterocycles. The molecule has 0 spiro atoms. The summed E-state index contributed by atoms with van der Waals surface area (Å²) < 4.78 is 10.5. The second-order valence-electron chi connectivity index (χ2n) is 7.92. The number of carboxylic acids is 1. The Balaban J connectivity index is 1.68. The monoisotopic (exact) mass is 464 g/mol. The summed E-state index contributed by atoms with van der Waals surface area (Å²) in [4.78, 5) is 36.9. The molecule has 1 unspecified atom stereocenters. The van der Waals surface area contributed by atoms with Gasteiger partial charge in [-0.1, -0.05) is 48.5 Å². The molecule has 0 radical (unpaired) electrons. The summed E-state index contributed by atoms with van der Waals surface area (Å²) in [5.74, 6) is 3.36. The summed E-state index contributed by atoms with van der Waals surface area (Å²) in [6.45, 7) is 3.22.